The third-order valence-electron chi connectivity index (χ3n) is 3.50. The molecular formula is C18H17NO2. The fraction of sp³-hybridized carbons (Fsp3) is 0.222. The highest BCUT2D eigenvalue weighted by Crippen LogP contribution is 2.15. The van der Waals surface area contributed by atoms with Crippen LogP contribution in [0.4, 0.5) is 0 Å². The highest BCUT2D eigenvalue weighted by molar-refractivity contribution is 5.81. The summed E-state index contributed by atoms with van der Waals surface area (Å²) >= 11 is 0. The molecule has 0 spiro atoms. The minimum Gasteiger partial charge on any atom is -0.440 e. The average molecular weight is 279 g/mol. The molecule has 0 saturated carbocycles. The van der Waals surface area contributed by atoms with Crippen LogP contribution in [0.2, 0.25) is 0 Å². The Morgan fingerprint density at radius 3 is 2.62 bits per heavy atom. The molecule has 0 fully saturated rings. The lowest BCUT2D eigenvalue weighted by atomic mass is 10.0. The normalized spacial score (nSPS) is 10.9. The average Bonchev–Trinajstić information content (AvgIpc) is 2.88. The molecule has 21 heavy (non-hydrogen) atoms. The summed E-state index contributed by atoms with van der Waals surface area (Å²) < 4.78 is 5.57. The third kappa shape index (κ3) is 3.37. The van der Waals surface area contributed by atoms with Gasteiger partial charge in [0.2, 0.25) is 5.89 Å². The molecule has 0 unspecified atom stereocenters. The molecule has 3 aromatic rings. The van der Waals surface area contributed by atoms with Crippen LogP contribution in [0, 0.1) is 6.92 Å². The zero-order valence-electron chi connectivity index (χ0n) is 12.0. The summed E-state index contributed by atoms with van der Waals surface area (Å²) in [5.41, 5.74) is 3.96. The van der Waals surface area contributed by atoms with Crippen molar-refractivity contribution in [2.45, 2.75) is 26.2 Å². The number of carbonyl (C=O) groups is 1. The van der Waals surface area contributed by atoms with Gasteiger partial charge in [-0.2, -0.15) is 0 Å². The van der Waals surface area contributed by atoms with Crippen molar-refractivity contribution in [3.63, 3.8) is 0 Å². The maximum absolute atomic E-state index is 12.0. The number of para-hydroxylation sites is 2. The summed E-state index contributed by atoms with van der Waals surface area (Å²) in [6.45, 7) is 2.06. The number of ketones is 1. The SMILES string of the molecule is Cc1ccc(CCC(=O)Cc2nc3ccccc3o2)cc1. The van der Waals surface area contributed by atoms with Crippen molar-refractivity contribution >= 4 is 16.9 Å². The number of Topliss-reactive ketones (excluding diaryl/α,β-unsaturated/α-hetero) is 1. The third-order valence-corrected chi connectivity index (χ3v) is 3.50. The number of aromatic nitrogens is 1. The number of carbonyl (C=O) groups excluding carboxylic acids is 1. The quantitative estimate of drug-likeness (QED) is 0.711. The first-order chi connectivity index (χ1) is 10.2. The highest BCUT2D eigenvalue weighted by Gasteiger charge is 2.10. The van der Waals surface area contributed by atoms with E-state index < -0.39 is 0 Å². The van der Waals surface area contributed by atoms with E-state index >= 15 is 0 Å². The lowest BCUT2D eigenvalue weighted by Crippen LogP contribution is -2.04. The predicted molar refractivity (Wildman–Crippen MR) is 82.2 cm³/mol. The number of aryl methyl sites for hydroxylation is 2. The van der Waals surface area contributed by atoms with Gasteiger partial charge in [-0.15, -0.1) is 0 Å². The van der Waals surface area contributed by atoms with Crippen molar-refractivity contribution in [1.82, 2.24) is 4.98 Å². The van der Waals surface area contributed by atoms with Crippen LogP contribution in [0.3, 0.4) is 0 Å². The topological polar surface area (TPSA) is 43.1 Å². The summed E-state index contributed by atoms with van der Waals surface area (Å²) in [5.74, 6) is 0.659. The molecule has 0 atom stereocenters. The second-order valence-electron chi connectivity index (χ2n) is 5.28. The van der Waals surface area contributed by atoms with Crippen LogP contribution in [-0.2, 0) is 17.6 Å². The van der Waals surface area contributed by atoms with Gasteiger partial charge in [-0.3, -0.25) is 4.79 Å². The van der Waals surface area contributed by atoms with E-state index in [0.717, 1.165) is 17.5 Å². The van der Waals surface area contributed by atoms with Crippen LogP contribution in [0.1, 0.15) is 23.4 Å². The van der Waals surface area contributed by atoms with E-state index in [9.17, 15) is 4.79 Å². The Morgan fingerprint density at radius 1 is 1.10 bits per heavy atom. The van der Waals surface area contributed by atoms with E-state index in [2.05, 4.69) is 36.2 Å². The number of oxazole rings is 1. The Labute approximate surface area is 123 Å². The van der Waals surface area contributed by atoms with E-state index in [1.807, 2.05) is 24.3 Å². The number of rotatable bonds is 5. The molecule has 0 N–H and O–H groups in total. The first kappa shape index (κ1) is 13.6. The van der Waals surface area contributed by atoms with Crippen molar-refractivity contribution in [2.24, 2.45) is 0 Å². The number of nitrogens with zero attached hydrogens (tertiary/aromatic N) is 1. The molecule has 3 heteroatoms. The smallest absolute Gasteiger partial charge is 0.202 e. The molecule has 2 aromatic carbocycles. The Morgan fingerprint density at radius 2 is 1.86 bits per heavy atom. The van der Waals surface area contributed by atoms with Gasteiger partial charge in [-0.1, -0.05) is 42.0 Å². The van der Waals surface area contributed by atoms with Crippen LogP contribution in [0.5, 0.6) is 0 Å². The zero-order valence-corrected chi connectivity index (χ0v) is 12.0. The minimum absolute atomic E-state index is 0.155. The van der Waals surface area contributed by atoms with Crippen molar-refractivity contribution in [1.29, 1.82) is 0 Å². The maximum atomic E-state index is 12.0. The number of hydrogen-bond acceptors (Lipinski definition) is 3. The van der Waals surface area contributed by atoms with Crippen molar-refractivity contribution in [3.8, 4) is 0 Å². The molecule has 3 rings (SSSR count). The van der Waals surface area contributed by atoms with Gasteiger partial charge in [0.05, 0.1) is 6.42 Å². The van der Waals surface area contributed by atoms with Gasteiger partial charge in [0.25, 0.3) is 0 Å². The molecule has 0 amide bonds. The van der Waals surface area contributed by atoms with Gasteiger partial charge in [-0.25, -0.2) is 4.98 Å². The van der Waals surface area contributed by atoms with Gasteiger partial charge < -0.3 is 4.42 Å². The largest absolute Gasteiger partial charge is 0.440 e. The van der Waals surface area contributed by atoms with E-state index in [4.69, 9.17) is 4.42 Å². The Balaban J connectivity index is 1.59. The Kier molecular flexibility index (Phi) is 3.82. The first-order valence-corrected chi connectivity index (χ1v) is 7.12. The molecule has 0 bridgehead atoms. The van der Waals surface area contributed by atoms with Crippen molar-refractivity contribution < 1.29 is 9.21 Å². The Hall–Kier alpha value is -2.42. The van der Waals surface area contributed by atoms with Crippen LogP contribution >= 0.6 is 0 Å². The van der Waals surface area contributed by atoms with E-state index in [1.165, 1.54) is 11.1 Å². The van der Waals surface area contributed by atoms with E-state index in [0.29, 0.717) is 12.3 Å². The van der Waals surface area contributed by atoms with Crippen LogP contribution in [-0.4, -0.2) is 10.8 Å². The fourth-order valence-corrected chi connectivity index (χ4v) is 2.29. The lowest BCUT2D eigenvalue weighted by Gasteiger charge is -2.01. The second kappa shape index (κ2) is 5.92. The van der Waals surface area contributed by atoms with Gasteiger partial charge in [0.15, 0.2) is 5.58 Å². The van der Waals surface area contributed by atoms with Crippen molar-refractivity contribution in [3.05, 3.63) is 65.5 Å². The Bertz CT molecular complexity index is 723. The summed E-state index contributed by atoms with van der Waals surface area (Å²) in [4.78, 5) is 16.4. The van der Waals surface area contributed by atoms with Crippen LogP contribution < -0.4 is 0 Å². The minimum atomic E-state index is 0.155. The molecule has 1 heterocycles. The fourth-order valence-electron chi connectivity index (χ4n) is 2.29. The van der Waals surface area contributed by atoms with E-state index in [-0.39, 0.29) is 12.2 Å². The highest BCUT2D eigenvalue weighted by atomic mass is 16.3. The summed E-state index contributed by atoms with van der Waals surface area (Å²) in [5, 5.41) is 0. The zero-order chi connectivity index (χ0) is 14.7. The standard InChI is InChI=1S/C18H17NO2/c1-13-6-8-14(9-7-13)10-11-15(20)12-18-19-16-4-2-3-5-17(16)21-18/h2-9H,10-12H2,1H3. The molecule has 0 radical (unpaired) electrons. The summed E-state index contributed by atoms with van der Waals surface area (Å²) in [7, 11) is 0. The van der Waals surface area contributed by atoms with Crippen LogP contribution in [0.25, 0.3) is 11.1 Å². The summed E-state index contributed by atoms with van der Waals surface area (Å²) in [6, 6.07) is 15.8. The molecule has 1 aromatic heterocycles. The molecule has 0 aliphatic rings. The second-order valence-corrected chi connectivity index (χ2v) is 5.28. The first-order valence-electron chi connectivity index (χ1n) is 7.12. The van der Waals surface area contributed by atoms with Gasteiger partial charge >= 0.3 is 0 Å². The molecule has 3 nitrogen and oxygen atoms in total. The molecule has 0 aliphatic heterocycles. The monoisotopic (exact) mass is 279 g/mol. The van der Waals surface area contributed by atoms with Crippen LogP contribution in [0.15, 0.2) is 52.9 Å². The molecule has 106 valence electrons. The number of fused-ring (bicyclic) bond motifs is 1. The number of hydrogen-bond donors (Lipinski definition) is 0. The predicted octanol–water partition coefficient (Wildman–Crippen LogP) is 3.88. The lowest BCUT2D eigenvalue weighted by molar-refractivity contribution is -0.118. The van der Waals surface area contributed by atoms with Gasteiger partial charge in [0, 0.05) is 6.42 Å². The van der Waals surface area contributed by atoms with Gasteiger partial charge in [0.1, 0.15) is 11.3 Å². The summed E-state index contributed by atoms with van der Waals surface area (Å²) in [6.07, 6.45) is 1.54. The molecule has 0 saturated heterocycles. The van der Waals surface area contributed by atoms with Gasteiger partial charge in [-0.05, 0) is 31.0 Å². The molecule has 0 aliphatic carbocycles. The maximum Gasteiger partial charge on any atom is 0.202 e. The number of benzene rings is 2. The van der Waals surface area contributed by atoms with Crippen molar-refractivity contribution in [2.75, 3.05) is 0 Å². The molecular weight excluding hydrogens is 262 g/mol. The van der Waals surface area contributed by atoms with E-state index in [1.54, 1.807) is 0 Å².